The second kappa shape index (κ2) is 8.47. The van der Waals surface area contributed by atoms with Gasteiger partial charge in [0.1, 0.15) is 11.4 Å². The predicted molar refractivity (Wildman–Crippen MR) is 98.7 cm³/mol. The summed E-state index contributed by atoms with van der Waals surface area (Å²) in [5, 5.41) is 9.96. The summed E-state index contributed by atoms with van der Waals surface area (Å²) in [4.78, 5) is 18.7. The number of ether oxygens (including phenoxy) is 1. The fourth-order valence-corrected chi connectivity index (χ4v) is 3.48. The van der Waals surface area contributed by atoms with Gasteiger partial charge in [-0.1, -0.05) is 30.3 Å². The van der Waals surface area contributed by atoms with E-state index in [1.807, 2.05) is 48.4 Å². The minimum absolute atomic E-state index is 0.0973. The predicted octanol–water partition coefficient (Wildman–Crippen LogP) is 1.80. The van der Waals surface area contributed by atoms with Gasteiger partial charge in [-0.15, -0.1) is 0 Å². The van der Waals surface area contributed by atoms with Crippen LogP contribution in [0.15, 0.2) is 42.7 Å². The van der Waals surface area contributed by atoms with Crippen LogP contribution in [0.2, 0.25) is 0 Å². The highest BCUT2D eigenvalue weighted by molar-refractivity contribution is 5.76. The van der Waals surface area contributed by atoms with Crippen LogP contribution in [0.5, 0.6) is 0 Å². The van der Waals surface area contributed by atoms with Gasteiger partial charge in [-0.2, -0.15) is 0 Å². The van der Waals surface area contributed by atoms with E-state index in [1.54, 1.807) is 6.20 Å². The minimum atomic E-state index is -0.712. The minimum Gasteiger partial charge on any atom is -0.393 e. The normalized spacial score (nSPS) is 20.3. The maximum atomic E-state index is 12.6. The topological polar surface area (TPSA) is 67.6 Å². The Hall–Kier alpha value is -2.18. The Morgan fingerprint density at radius 3 is 2.85 bits per heavy atom. The molecule has 1 unspecified atom stereocenters. The van der Waals surface area contributed by atoms with E-state index >= 15 is 0 Å². The highest BCUT2D eigenvalue weighted by Gasteiger charge is 2.37. The van der Waals surface area contributed by atoms with E-state index in [9.17, 15) is 9.90 Å². The first-order valence-corrected chi connectivity index (χ1v) is 9.16. The van der Waals surface area contributed by atoms with Crippen LogP contribution in [-0.2, 0) is 22.5 Å². The summed E-state index contributed by atoms with van der Waals surface area (Å²) < 4.78 is 7.98. The molecule has 1 amide bonds. The third kappa shape index (κ3) is 4.51. The van der Waals surface area contributed by atoms with Gasteiger partial charge in [-0.3, -0.25) is 4.79 Å². The van der Waals surface area contributed by atoms with Crippen molar-refractivity contribution < 1.29 is 14.6 Å². The zero-order chi connectivity index (χ0) is 18.4. The second-order valence-electron chi connectivity index (χ2n) is 6.94. The van der Waals surface area contributed by atoms with Crippen LogP contribution >= 0.6 is 0 Å². The number of carbonyl (C=O) groups is 1. The summed E-state index contributed by atoms with van der Waals surface area (Å²) in [6.07, 6.45) is 5.58. The van der Waals surface area contributed by atoms with Crippen molar-refractivity contribution in [3.63, 3.8) is 0 Å². The molecule has 6 nitrogen and oxygen atoms in total. The number of imidazole rings is 1. The van der Waals surface area contributed by atoms with E-state index in [4.69, 9.17) is 4.74 Å². The molecule has 3 rings (SSSR count). The molecule has 0 saturated carbocycles. The van der Waals surface area contributed by atoms with Crippen molar-refractivity contribution in [3.05, 3.63) is 54.1 Å². The Balaban J connectivity index is 1.56. The highest BCUT2D eigenvalue weighted by Crippen LogP contribution is 2.23. The molecule has 2 aromatic rings. The van der Waals surface area contributed by atoms with Crippen molar-refractivity contribution in [2.24, 2.45) is 0 Å². The average Bonchev–Trinajstić information content (AvgIpc) is 3.07. The van der Waals surface area contributed by atoms with Gasteiger partial charge >= 0.3 is 0 Å². The summed E-state index contributed by atoms with van der Waals surface area (Å²) in [5.74, 6) is 1.09. The van der Waals surface area contributed by atoms with E-state index in [2.05, 4.69) is 9.55 Å². The van der Waals surface area contributed by atoms with E-state index < -0.39 is 5.60 Å². The molecule has 1 fully saturated rings. The number of rotatable bonds is 7. The molecule has 1 aromatic carbocycles. The first-order valence-electron chi connectivity index (χ1n) is 9.16. The Morgan fingerprint density at radius 2 is 2.15 bits per heavy atom. The van der Waals surface area contributed by atoms with Crippen LogP contribution in [0.3, 0.4) is 0 Å². The lowest BCUT2D eigenvalue weighted by Gasteiger charge is -2.42. The van der Waals surface area contributed by atoms with Crippen LogP contribution < -0.4 is 0 Å². The number of nitrogens with zero attached hydrogens (tertiary/aromatic N) is 3. The number of aliphatic hydroxyl groups is 1. The van der Waals surface area contributed by atoms with Gasteiger partial charge in [0.2, 0.25) is 5.91 Å². The summed E-state index contributed by atoms with van der Waals surface area (Å²) >= 11 is 0. The standard InChI is InChI=1S/C20H27N3O3/c1-17-21-9-11-22(17)10-5-8-19(25)23-12-13-26-20(15-23,16-24)14-18-6-3-2-4-7-18/h2-4,6-7,9,11,24H,5,8,10,12-16H2,1H3. The monoisotopic (exact) mass is 357 g/mol. The van der Waals surface area contributed by atoms with Gasteiger partial charge in [0, 0.05) is 38.3 Å². The Labute approximate surface area is 154 Å². The number of hydrogen-bond acceptors (Lipinski definition) is 4. The van der Waals surface area contributed by atoms with E-state index in [0.29, 0.717) is 32.5 Å². The number of aliphatic hydroxyl groups excluding tert-OH is 1. The first kappa shape index (κ1) is 18.6. The molecule has 0 aliphatic carbocycles. The summed E-state index contributed by atoms with van der Waals surface area (Å²) in [7, 11) is 0. The molecule has 1 aliphatic rings. The van der Waals surface area contributed by atoms with E-state index in [0.717, 1.165) is 24.4 Å². The Bertz CT molecular complexity index is 716. The third-order valence-corrected chi connectivity index (χ3v) is 4.97. The molecule has 1 saturated heterocycles. The van der Waals surface area contributed by atoms with Crippen LogP contribution in [0.25, 0.3) is 0 Å². The van der Waals surface area contributed by atoms with Crippen LogP contribution in [0.1, 0.15) is 24.2 Å². The van der Waals surface area contributed by atoms with E-state index in [-0.39, 0.29) is 12.5 Å². The molecule has 1 atom stereocenters. The second-order valence-corrected chi connectivity index (χ2v) is 6.94. The van der Waals surface area contributed by atoms with Crippen molar-refractivity contribution in [1.82, 2.24) is 14.5 Å². The smallest absolute Gasteiger partial charge is 0.222 e. The van der Waals surface area contributed by atoms with E-state index in [1.165, 1.54) is 0 Å². The zero-order valence-corrected chi connectivity index (χ0v) is 15.3. The van der Waals surface area contributed by atoms with Crippen LogP contribution in [0.4, 0.5) is 0 Å². The molecule has 2 heterocycles. The molecule has 0 bridgehead atoms. The Kier molecular flexibility index (Phi) is 6.06. The van der Waals surface area contributed by atoms with Gasteiger partial charge in [-0.25, -0.2) is 4.98 Å². The lowest BCUT2D eigenvalue weighted by molar-refractivity contribution is -0.158. The van der Waals surface area contributed by atoms with Crippen LogP contribution in [0, 0.1) is 6.92 Å². The number of aryl methyl sites for hydroxylation is 2. The number of morpholine rings is 1. The molecular weight excluding hydrogens is 330 g/mol. The van der Waals surface area contributed by atoms with Gasteiger partial charge in [0.15, 0.2) is 0 Å². The molecule has 6 heteroatoms. The Morgan fingerprint density at radius 1 is 1.35 bits per heavy atom. The fourth-order valence-electron chi connectivity index (χ4n) is 3.48. The van der Waals surface area contributed by atoms with Gasteiger partial charge in [0.05, 0.1) is 19.8 Å². The quantitative estimate of drug-likeness (QED) is 0.821. The molecule has 26 heavy (non-hydrogen) atoms. The van der Waals surface area contributed by atoms with Crippen molar-refractivity contribution in [2.45, 2.75) is 38.3 Å². The van der Waals surface area contributed by atoms with Crippen molar-refractivity contribution in [3.8, 4) is 0 Å². The summed E-state index contributed by atoms with van der Waals surface area (Å²) in [6.45, 7) is 4.13. The third-order valence-electron chi connectivity index (χ3n) is 4.97. The zero-order valence-electron chi connectivity index (χ0n) is 15.3. The highest BCUT2D eigenvalue weighted by atomic mass is 16.5. The molecule has 1 aromatic heterocycles. The number of hydrogen-bond donors (Lipinski definition) is 1. The number of amides is 1. The van der Waals surface area contributed by atoms with Gasteiger partial charge in [0.25, 0.3) is 0 Å². The molecule has 140 valence electrons. The SMILES string of the molecule is Cc1nccn1CCCC(=O)N1CCOC(CO)(Cc2ccccc2)C1. The lowest BCUT2D eigenvalue weighted by Crippen LogP contribution is -2.56. The molecule has 0 spiro atoms. The van der Waals surface area contributed by atoms with Gasteiger partial charge < -0.3 is 19.3 Å². The largest absolute Gasteiger partial charge is 0.393 e. The first-order chi connectivity index (χ1) is 12.6. The van der Waals surface area contributed by atoms with Crippen molar-refractivity contribution >= 4 is 5.91 Å². The van der Waals surface area contributed by atoms with Crippen molar-refractivity contribution in [2.75, 3.05) is 26.3 Å². The lowest BCUT2D eigenvalue weighted by atomic mass is 9.93. The number of aromatic nitrogens is 2. The average molecular weight is 357 g/mol. The maximum absolute atomic E-state index is 12.6. The molecular formula is C20H27N3O3. The molecule has 1 aliphatic heterocycles. The number of benzene rings is 1. The van der Waals surface area contributed by atoms with Gasteiger partial charge in [-0.05, 0) is 18.9 Å². The number of carbonyl (C=O) groups excluding carboxylic acids is 1. The maximum Gasteiger partial charge on any atom is 0.222 e. The summed E-state index contributed by atoms with van der Waals surface area (Å²) in [6, 6.07) is 9.97. The van der Waals surface area contributed by atoms with Crippen LogP contribution in [-0.4, -0.2) is 57.4 Å². The summed E-state index contributed by atoms with van der Waals surface area (Å²) in [5.41, 5.74) is 0.391. The fraction of sp³-hybridized carbons (Fsp3) is 0.500. The van der Waals surface area contributed by atoms with Crippen molar-refractivity contribution in [1.29, 1.82) is 0 Å². The molecule has 0 radical (unpaired) electrons. The molecule has 1 N–H and O–H groups in total.